The van der Waals surface area contributed by atoms with Crippen LogP contribution in [0.15, 0.2) is 41.3 Å². The largest absolute Gasteiger partial charge is 0.478 e. The maximum atomic E-state index is 12.0. The van der Waals surface area contributed by atoms with E-state index in [-0.39, 0.29) is 12.1 Å². The molecule has 0 spiro atoms. The minimum atomic E-state index is -1.17. The summed E-state index contributed by atoms with van der Waals surface area (Å²) in [7, 11) is 0. The first kappa shape index (κ1) is 15.8. The number of aromatic nitrogens is 1. The van der Waals surface area contributed by atoms with Crippen molar-refractivity contribution in [2.24, 2.45) is 0 Å². The van der Waals surface area contributed by atoms with Gasteiger partial charge in [-0.1, -0.05) is 17.7 Å². The molecule has 7 heteroatoms. The topological polar surface area (TPSA) is 88.4 Å². The predicted octanol–water partition coefficient (Wildman–Crippen LogP) is 2.15. The Morgan fingerprint density at radius 3 is 2.64 bits per heavy atom. The van der Waals surface area contributed by atoms with Gasteiger partial charge < -0.3 is 15.0 Å². The number of carbonyl (C=O) groups is 2. The van der Waals surface area contributed by atoms with Gasteiger partial charge in [0.15, 0.2) is 0 Å². The molecule has 0 atom stereocenters. The highest BCUT2D eigenvalue weighted by atomic mass is 35.5. The van der Waals surface area contributed by atoms with Crippen molar-refractivity contribution in [1.29, 1.82) is 0 Å². The molecule has 0 aliphatic carbocycles. The molecule has 0 unspecified atom stereocenters. The van der Waals surface area contributed by atoms with Crippen LogP contribution in [0.25, 0.3) is 0 Å². The van der Waals surface area contributed by atoms with Gasteiger partial charge in [0.05, 0.1) is 16.3 Å². The molecule has 0 saturated carbocycles. The number of aromatic carboxylic acids is 1. The second kappa shape index (κ2) is 6.44. The van der Waals surface area contributed by atoms with E-state index < -0.39 is 17.4 Å². The van der Waals surface area contributed by atoms with Gasteiger partial charge in [-0.05, 0) is 30.7 Å². The number of aryl methyl sites for hydroxylation is 1. The molecular weight excluding hydrogens is 308 g/mol. The van der Waals surface area contributed by atoms with Gasteiger partial charge in [0.2, 0.25) is 5.91 Å². The number of hydrogen-bond acceptors (Lipinski definition) is 3. The van der Waals surface area contributed by atoms with E-state index in [1.54, 1.807) is 18.2 Å². The number of halogens is 1. The van der Waals surface area contributed by atoms with Gasteiger partial charge >= 0.3 is 5.97 Å². The van der Waals surface area contributed by atoms with Crippen molar-refractivity contribution in [2.75, 3.05) is 5.32 Å². The van der Waals surface area contributed by atoms with Gasteiger partial charge in [-0.2, -0.15) is 0 Å². The average Bonchev–Trinajstić information content (AvgIpc) is 2.44. The molecule has 1 heterocycles. The third-order valence-electron chi connectivity index (χ3n) is 2.94. The molecule has 0 bridgehead atoms. The maximum absolute atomic E-state index is 12.0. The summed E-state index contributed by atoms with van der Waals surface area (Å²) in [6, 6.07) is 7.45. The Hall–Kier alpha value is -2.60. The number of carbonyl (C=O) groups excluding carboxylic acids is 1. The third-order valence-corrected chi connectivity index (χ3v) is 3.26. The van der Waals surface area contributed by atoms with Crippen LogP contribution in [0.4, 0.5) is 5.69 Å². The predicted molar refractivity (Wildman–Crippen MR) is 82.5 cm³/mol. The molecule has 1 aromatic heterocycles. The Labute approximate surface area is 131 Å². The minimum absolute atomic E-state index is 0.0687. The summed E-state index contributed by atoms with van der Waals surface area (Å²) in [4.78, 5) is 34.5. The lowest BCUT2D eigenvalue weighted by atomic mass is 10.2. The summed E-state index contributed by atoms with van der Waals surface area (Å²) in [5.74, 6) is -1.65. The number of carboxylic acid groups (broad SMARTS) is 1. The summed E-state index contributed by atoms with van der Waals surface area (Å²) in [5.41, 5.74) is 0.851. The van der Waals surface area contributed by atoms with Gasteiger partial charge in [-0.3, -0.25) is 9.59 Å². The van der Waals surface area contributed by atoms with E-state index in [1.807, 2.05) is 6.92 Å². The van der Waals surface area contributed by atoms with Crippen molar-refractivity contribution in [3.8, 4) is 0 Å². The highest BCUT2D eigenvalue weighted by molar-refractivity contribution is 6.33. The second-order valence-corrected chi connectivity index (χ2v) is 5.13. The van der Waals surface area contributed by atoms with Crippen molar-refractivity contribution in [3.05, 3.63) is 63.0 Å². The first-order chi connectivity index (χ1) is 10.4. The molecule has 0 aliphatic rings. The van der Waals surface area contributed by atoms with E-state index in [0.29, 0.717) is 10.7 Å². The van der Waals surface area contributed by atoms with Gasteiger partial charge in [-0.25, -0.2) is 4.79 Å². The number of rotatable bonds is 4. The van der Waals surface area contributed by atoms with E-state index in [4.69, 9.17) is 16.7 Å². The SMILES string of the molecule is Cc1ccc(NC(=O)Cn2cc(C(=O)O)ccc2=O)c(Cl)c1. The van der Waals surface area contributed by atoms with Crippen LogP contribution >= 0.6 is 11.6 Å². The zero-order valence-corrected chi connectivity index (χ0v) is 12.4. The molecule has 0 radical (unpaired) electrons. The number of nitrogens with zero attached hydrogens (tertiary/aromatic N) is 1. The van der Waals surface area contributed by atoms with Gasteiger partial charge in [-0.15, -0.1) is 0 Å². The zero-order valence-electron chi connectivity index (χ0n) is 11.7. The van der Waals surface area contributed by atoms with Crippen LogP contribution in [-0.2, 0) is 11.3 Å². The monoisotopic (exact) mass is 320 g/mol. The van der Waals surface area contributed by atoms with Crippen LogP contribution < -0.4 is 10.9 Å². The zero-order chi connectivity index (χ0) is 16.3. The Morgan fingerprint density at radius 2 is 2.00 bits per heavy atom. The molecule has 0 aliphatic heterocycles. The fraction of sp³-hybridized carbons (Fsp3) is 0.133. The van der Waals surface area contributed by atoms with E-state index >= 15 is 0 Å². The lowest BCUT2D eigenvalue weighted by Crippen LogP contribution is -2.27. The average molecular weight is 321 g/mol. The molecule has 114 valence electrons. The molecular formula is C15H13ClN2O4. The quantitative estimate of drug-likeness (QED) is 0.903. The fourth-order valence-electron chi connectivity index (χ4n) is 1.85. The number of pyridine rings is 1. The standard InChI is InChI=1S/C15H13ClN2O4/c1-9-2-4-12(11(16)6-9)17-13(19)8-18-7-10(15(21)22)3-5-14(18)20/h2-7H,8H2,1H3,(H,17,19)(H,21,22). The highest BCUT2D eigenvalue weighted by Gasteiger charge is 2.10. The fourth-order valence-corrected chi connectivity index (χ4v) is 2.13. The normalized spacial score (nSPS) is 10.3. The smallest absolute Gasteiger partial charge is 0.337 e. The van der Waals surface area contributed by atoms with Gasteiger partial charge in [0.1, 0.15) is 6.54 Å². The van der Waals surface area contributed by atoms with Crippen LogP contribution in [0.1, 0.15) is 15.9 Å². The Bertz CT molecular complexity index is 798. The summed E-state index contributed by atoms with van der Waals surface area (Å²) < 4.78 is 1.03. The number of nitrogens with one attached hydrogen (secondary N) is 1. The highest BCUT2D eigenvalue weighted by Crippen LogP contribution is 2.22. The molecule has 2 rings (SSSR count). The molecule has 2 N–H and O–H groups in total. The van der Waals surface area contributed by atoms with Crippen LogP contribution in [0, 0.1) is 6.92 Å². The number of anilines is 1. The first-order valence-electron chi connectivity index (χ1n) is 6.36. The number of carboxylic acids is 1. The maximum Gasteiger partial charge on any atom is 0.337 e. The van der Waals surface area contributed by atoms with Crippen molar-refractivity contribution in [2.45, 2.75) is 13.5 Å². The Kier molecular flexibility index (Phi) is 4.62. The molecule has 0 saturated heterocycles. The van der Waals surface area contributed by atoms with Crippen molar-refractivity contribution >= 4 is 29.2 Å². The van der Waals surface area contributed by atoms with Crippen molar-refractivity contribution in [1.82, 2.24) is 4.57 Å². The van der Waals surface area contributed by atoms with Gasteiger partial charge in [0, 0.05) is 12.3 Å². The molecule has 1 amide bonds. The Balaban J connectivity index is 2.17. The van der Waals surface area contributed by atoms with Crippen molar-refractivity contribution < 1.29 is 14.7 Å². The number of benzene rings is 1. The van der Waals surface area contributed by atoms with Crippen molar-refractivity contribution in [3.63, 3.8) is 0 Å². The van der Waals surface area contributed by atoms with Crippen LogP contribution in [0.3, 0.4) is 0 Å². The molecule has 0 fully saturated rings. The molecule has 1 aromatic carbocycles. The van der Waals surface area contributed by atoms with Crippen LogP contribution in [0.5, 0.6) is 0 Å². The Morgan fingerprint density at radius 1 is 1.27 bits per heavy atom. The summed E-state index contributed by atoms with van der Waals surface area (Å²) in [5, 5.41) is 11.9. The lowest BCUT2D eigenvalue weighted by Gasteiger charge is -2.09. The number of hydrogen-bond donors (Lipinski definition) is 2. The number of amides is 1. The van der Waals surface area contributed by atoms with Crippen LogP contribution in [-0.4, -0.2) is 21.6 Å². The molecule has 6 nitrogen and oxygen atoms in total. The summed E-state index contributed by atoms with van der Waals surface area (Å²) >= 11 is 6.01. The van der Waals surface area contributed by atoms with E-state index in [2.05, 4.69) is 5.32 Å². The summed E-state index contributed by atoms with van der Waals surface area (Å²) in [6.07, 6.45) is 1.13. The molecule has 22 heavy (non-hydrogen) atoms. The lowest BCUT2D eigenvalue weighted by molar-refractivity contribution is -0.116. The molecule has 2 aromatic rings. The van der Waals surface area contributed by atoms with E-state index in [9.17, 15) is 14.4 Å². The van der Waals surface area contributed by atoms with E-state index in [1.165, 1.54) is 6.07 Å². The first-order valence-corrected chi connectivity index (χ1v) is 6.74. The van der Waals surface area contributed by atoms with Gasteiger partial charge in [0.25, 0.3) is 5.56 Å². The van der Waals surface area contributed by atoms with E-state index in [0.717, 1.165) is 22.4 Å². The third kappa shape index (κ3) is 3.73. The minimum Gasteiger partial charge on any atom is -0.478 e. The second-order valence-electron chi connectivity index (χ2n) is 4.72. The summed E-state index contributed by atoms with van der Waals surface area (Å²) in [6.45, 7) is 1.57. The van der Waals surface area contributed by atoms with Crippen LogP contribution in [0.2, 0.25) is 5.02 Å².